The number of fused-ring (bicyclic) bond motifs is 1. The molecule has 1 N–H and O–H groups in total. The van der Waals surface area contributed by atoms with Crippen LogP contribution in [0.3, 0.4) is 0 Å². The van der Waals surface area contributed by atoms with E-state index in [1.807, 2.05) is 43.7 Å². The van der Waals surface area contributed by atoms with Crippen LogP contribution in [0.15, 0.2) is 23.4 Å². The van der Waals surface area contributed by atoms with Gasteiger partial charge in [-0.3, -0.25) is 4.79 Å². The van der Waals surface area contributed by atoms with E-state index in [0.717, 1.165) is 41.7 Å². The van der Waals surface area contributed by atoms with Crippen LogP contribution in [0.25, 0.3) is 11.4 Å². The average molecular weight is 531 g/mol. The van der Waals surface area contributed by atoms with E-state index in [1.54, 1.807) is 14.2 Å². The van der Waals surface area contributed by atoms with Gasteiger partial charge in [0.2, 0.25) is 5.91 Å². The zero-order valence-electron chi connectivity index (χ0n) is 21.0. The molecule has 9 nitrogen and oxygen atoms in total. The lowest BCUT2D eigenvalue weighted by Gasteiger charge is -2.14. The monoisotopic (exact) mass is 530 g/mol. The normalized spacial score (nSPS) is 12.8. The third-order valence-corrected chi connectivity index (χ3v) is 8.01. The highest BCUT2D eigenvalue weighted by Crippen LogP contribution is 2.39. The Morgan fingerprint density at radius 3 is 2.61 bits per heavy atom. The quantitative estimate of drug-likeness (QED) is 0.313. The van der Waals surface area contributed by atoms with E-state index in [2.05, 4.69) is 15.5 Å². The van der Waals surface area contributed by atoms with Crippen LogP contribution in [0.4, 0.5) is 5.00 Å². The smallest absolute Gasteiger partial charge is 0.341 e. The van der Waals surface area contributed by atoms with Crippen LogP contribution in [0.2, 0.25) is 0 Å². The Morgan fingerprint density at radius 1 is 1.14 bits per heavy atom. The minimum absolute atomic E-state index is 0.124. The van der Waals surface area contributed by atoms with Crippen LogP contribution >= 0.6 is 23.1 Å². The van der Waals surface area contributed by atoms with Crippen molar-refractivity contribution in [2.24, 2.45) is 7.05 Å². The number of esters is 1. The summed E-state index contributed by atoms with van der Waals surface area (Å²) in [6, 6.07) is 5.52. The van der Waals surface area contributed by atoms with Gasteiger partial charge in [0, 0.05) is 17.5 Å². The zero-order chi connectivity index (χ0) is 25.8. The number of anilines is 1. The average Bonchev–Trinajstić information content (AvgIpc) is 3.41. The fourth-order valence-corrected chi connectivity index (χ4v) is 6.11. The van der Waals surface area contributed by atoms with Gasteiger partial charge >= 0.3 is 5.97 Å². The molecular formula is C25H30N4O5S2. The largest absolute Gasteiger partial charge is 0.493 e. The minimum atomic E-state index is -0.375. The molecule has 1 amide bonds. The number of hydrogen-bond donors (Lipinski definition) is 1. The first-order valence-corrected chi connectivity index (χ1v) is 13.5. The maximum atomic E-state index is 12.9. The van der Waals surface area contributed by atoms with E-state index < -0.39 is 0 Å². The first-order valence-electron chi connectivity index (χ1n) is 11.7. The Labute approximate surface area is 218 Å². The Hall–Kier alpha value is -3.05. The molecule has 0 unspecified atom stereocenters. The number of benzene rings is 1. The number of ether oxygens (including phenoxy) is 3. The molecule has 2 aromatic heterocycles. The molecule has 0 aliphatic heterocycles. The van der Waals surface area contributed by atoms with Crippen molar-refractivity contribution in [2.45, 2.75) is 50.8 Å². The molecule has 0 atom stereocenters. The van der Waals surface area contributed by atoms with Crippen LogP contribution in [-0.4, -0.2) is 52.7 Å². The topological polar surface area (TPSA) is 105 Å². The summed E-state index contributed by atoms with van der Waals surface area (Å²) in [6.07, 6.45) is 3.64. The summed E-state index contributed by atoms with van der Waals surface area (Å²) in [4.78, 5) is 26.9. The maximum Gasteiger partial charge on any atom is 0.341 e. The molecule has 0 bridgehead atoms. The van der Waals surface area contributed by atoms with E-state index in [0.29, 0.717) is 33.0 Å². The van der Waals surface area contributed by atoms with Gasteiger partial charge in [0.1, 0.15) is 5.00 Å². The zero-order valence-corrected chi connectivity index (χ0v) is 22.7. The SMILES string of the molecule is COc1ccc(-c2nnc(SCC(=O)Nc3sc4c(c3C(=O)OC(C)C)CCCC4)n2C)cc1OC. The van der Waals surface area contributed by atoms with Crippen LogP contribution in [-0.2, 0) is 29.4 Å². The number of carbonyl (C=O) groups excluding carboxylic acids is 2. The highest BCUT2D eigenvalue weighted by molar-refractivity contribution is 7.99. The number of hydrogen-bond acceptors (Lipinski definition) is 9. The molecule has 1 aliphatic carbocycles. The molecular weight excluding hydrogens is 500 g/mol. The van der Waals surface area contributed by atoms with Crippen molar-refractivity contribution in [2.75, 3.05) is 25.3 Å². The van der Waals surface area contributed by atoms with Gasteiger partial charge in [0.05, 0.1) is 31.6 Å². The number of thiophene rings is 1. The predicted octanol–water partition coefficient (Wildman–Crippen LogP) is 4.74. The first-order chi connectivity index (χ1) is 17.3. The van der Waals surface area contributed by atoms with Crippen LogP contribution in [0, 0.1) is 0 Å². The molecule has 0 radical (unpaired) electrons. The summed E-state index contributed by atoms with van der Waals surface area (Å²) < 4.78 is 18.0. The van der Waals surface area contributed by atoms with Crippen LogP contribution in [0.1, 0.15) is 47.5 Å². The van der Waals surface area contributed by atoms with E-state index in [9.17, 15) is 9.59 Å². The lowest BCUT2D eigenvalue weighted by atomic mass is 9.95. The maximum absolute atomic E-state index is 12.9. The fourth-order valence-electron chi connectivity index (χ4n) is 4.10. The number of nitrogens with one attached hydrogen (secondary N) is 1. The lowest BCUT2D eigenvalue weighted by Crippen LogP contribution is -2.19. The Morgan fingerprint density at radius 2 is 1.89 bits per heavy atom. The molecule has 11 heteroatoms. The summed E-state index contributed by atoms with van der Waals surface area (Å²) in [5.41, 5.74) is 2.35. The number of carbonyl (C=O) groups is 2. The molecule has 2 heterocycles. The van der Waals surface area contributed by atoms with Crippen molar-refractivity contribution >= 4 is 40.0 Å². The number of aromatic nitrogens is 3. The standard InChI is InChI=1S/C25H30N4O5S2/c1-14(2)34-24(31)21-16-8-6-7-9-19(16)36-23(21)26-20(30)13-35-25-28-27-22(29(25)3)15-10-11-17(32-4)18(12-15)33-5/h10-12,14H,6-9,13H2,1-5H3,(H,26,30). The number of nitrogens with zero attached hydrogens (tertiary/aromatic N) is 3. The minimum Gasteiger partial charge on any atom is -0.493 e. The third-order valence-electron chi connectivity index (χ3n) is 5.78. The molecule has 0 saturated heterocycles. The van der Waals surface area contributed by atoms with Crippen molar-refractivity contribution in [3.8, 4) is 22.9 Å². The number of amides is 1. The van der Waals surface area contributed by atoms with Crippen molar-refractivity contribution in [3.63, 3.8) is 0 Å². The second-order valence-corrected chi connectivity index (χ2v) is 10.7. The van der Waals surface area contributed by atoms with Gasteiger partial charge in [0.25, 0.3) is 0 Å². The number of aryl methyl sites for hydroxylation is 1. The number of thioether (sulfide) groups is 1. The molecule has 1 aromatic carbocycles. The summed E-state index contributed by atoms with van der Waals surface area (Å²) in [6.45, 7) is 3.64. The summed E-state index contributed by atoms with van der Waals surface area (Å²) in [7, 11) is 5.01. The van der Waals surface area contributed by atoms with Gasteiger partial charge in [-0.05, 0) is 63.3 Å². The van der Waals surface area contributed by atoms with Crippen molar-refractivity contribution < 1.29 is 23.8 Å². The Balaban J connectivity index is 1.47. The van der Waals surface area contributed by atoms with Crippen molar-refractivity contribution in [1.82, 2.24) is 14.8 Å². The van der Waals surface area contributed by atoms with Gasteiger partial charge in [-0.1, -0.05) is 11.8 Å². The second kappa shape index (κ2) is 11.3. The molecule has 0 spiro atoms. The van der Waals surface area contributed by atoms with E-state index in [4.69, 9.17) is 14.2 Å². The molecule has 0 fully saturated rings. The fraction of sp³-hybridized carbons (Fsp3) is 0.440. The molecule has 36 heavy (non-hydrogen) atoms. The molecule has 192 valence electrons. The molecule has 4 rings (SSSR count). The first kappa shape index (κ1) is 26.0. The van der Waals surface area contributed by atoms with Crippen molar-refractivity contribution in [1.29, 1.82) is 0 Å². The van der Waals surface area contributed by atoms with Gasteiger partial charge in [-0.25, -0.2) is 4.79 Å². The van der Waals surface area contributed by atoms with E-state index >= 15 is 0 Å². The van der Waals surface area contributed by atoms with Crippen LogP contribution < -0.4 is 14.8 Å². The summed E-state index contributed by atoms with van der Waals surface area (Å²) >= 11 is 2.76. The highest BCUT2D eigenvalue weighted by atomic mass is 32.2. The lowest BCUT2D eigenvalue weighted by molar-refractivity contribution is -0.113. The predicted molar refractivity (Wildman–Crippen MR) is 140 cm³/mol. The number of methoxy groups -OCH3 is 2. The molecule has 3 aromatic rings. The Kier molecular flexibility index (Phi) is 8.20. The third kappa shape index (κ3) is 5.52. The van der Waals surface area contributed by atoms with Gasteiger partial charge < -0.3 is 24.1 Å². The molecule has 0 saturated carbocycles. The second-order valence-electron chi connectivity index (χ2n) is 8.64. The van der Waals surface area contributed by atoms with Crippen LogP contribution in [0.5, 0.6) is 11.5 Å². The van der Waals surface area contributed by atoms with E-state index in [-0.39, 0.29) is 23.7 Å². The van der Waals surface area contributed by atoms with Gasteiger partial charge in [-0.15, -0.1) is 21.5 Å². The number of rotatable bonds is 9. The van der Waals surface area contributed by atoms with Gasteiger partial charge in [-0.2, -0.15) is 0 Å². The summed E-state index contributed by atoms with van der Waals surface area (Å²) in [5.74, 6) is 1.40. The van der Waals surface area contributed by atoms with Crippen molar-refractivity contribution in [3.05, 3.63) is 34.2 Å². The van der Waals surface area contributed by atoms with E-state index in [1.165, 1.54) is 23.1 Å². The molecule has 1 aliphatic rings. The summed E-state index contributed by atoms with van der Waals surface area (Å²) in [5, 5.41) is 12.7. The van der Waals surface area contributed by atoms with Gasteiger partial charge in [0.15, 0.2) is 22.5 Å². The Bertz CT molecular complexity index is 1270. The highest BCUT2D eigenvalue weighted by Gasteiger charge is 2.28.